The molecule has 2 atom stereocenters. The summed E-state index contributed by atoms with van der Waals surface area (Å²) in [6.07, 6.45) is 2.14. The Morgan fingerprint density at radius 2 is 2.39 bits per heavy atom. The monoisotopic (exact) mass is 361 g/mol. The quantitative estimate of drug-likeness (QED) is 0.813. The maximum absolute atomic E-state index is 12.0. The standard InChI is InChI=1S/C13H16INO3/c1-8(12-3-2-6-18-12)15-13(17)9-4-5-10(14)11(16)7-9/h4-5,7-8,12,16H,2-3,6H2,1H3,(H,15,17). The Morgan fingerprint density at radius 1 is 1.61 bits per heavy atom. The van der Waals surface area contributed by atoms with E-state index in [0.29, 0.717) is 5.56 Å². The van der Waals surface area contributed by atoms with Gasteiger partial charge in [-0.25, -0.2) is 0 Å². The number of amides is 1. The minimum Gasteiger partial charge on any atom is -0.507 e. The Kier molecular flexibility index (Phi) is 4.45. The molecule has 2 N–H and O–H groups in total. The van der Waals surface area contributed by atoms with Crippen molar-refractivity contribution in [1.82, 2.24) is 5.32 Å². The summed E-state index contributed by atoms with van der Waals surface area (Å²) in [5.41, 5.74) is 0.470. The number of hydrogen-bond donors (Lipinski definition) is 2. The van der Waals surface area contributed by atoms with Gasteiger partial charge < -0.3 is 15.2 Å². The van der Waals surface area contributed by atoms with Crippen LogP contribution < -0.4 is 5.32 Å². The van der Waals surface area contributed by atoms with Gasteiger partial charge in [-0.05, 0) is 60.6 Å². The molecule has 0 radical (unpaired) electrons. The second-order valence-electron chi connectivity index (χ2n) is 4.48. The van der Waals surface area contributed by atoms with E-state index in [0.717, 1.165) is 23.0 Å². The van der Waals surface area contributed by atoms with Crippen LogP contribution in [0.4, 0.5) is 0 Å². The fourth-order valence-corrected chi connectivity index (χ4v) is 2.37. The predicted molar refractivity (Wildman–Crippen MR) is 76.7 cm³/mol. The van der Waals surface area contributed by atoms with E-state index >= 15 is 0 Å². The first kappa shape index (κ1) is 13.6. The van der Waals surface area contributed by atoms with Gasteiger partial charge in [-0.15, -0.1) is 0 Å². The minimum atomic E-state index is -0.176. The van der Waals surface area contributed by atoms with Gasteiger partial charge >= 0.3 is 0 Å². The first-order valence-corrected chi connectivity index (χ1v) is 7.07. The number of aromatic hydroxyl groups is 1. The number of carbonyl (C=O) groups excluding carboxylic acids is 1. The highest BCUT2D eigenvalue weighted by Crippen LogP contribution is 2.21. The number of phenols is 1. The number of halogens is 1. The third-order valence-corrected chi connectivity index (χ3v) is 4.00. The molecule has 0 bridgehead atoms. The second-order valence-corrected chi connectivity index (χ2v) is 5.64. The molecule has 0 aromatic heterocycles. The van der Waals surface area contributed by atoms with Crippen LogP contribution in [0.2, 0.25) is 0 Å². The molecule has 1 aromatic rings. The number of ether oxygens (including phenoxy) is 1. The van der Waals surface area contributed by atoms with Crippen molar-refractivity contribution in [3.05, 3.63) is 27.3 Å². The Bertz CT molecular complexity index is 444. The van der Waals surface area contributed by atoms with Gasteiger partial charge in [-0.2, -0.15) is 0 Å². The van der Waals surface area contributed by atoms with Crippen LogP contribution in [0.3, 0.4) is 0 Å². The Hall–Kier alpha value is -0.820. The zero-order valence-corrected chi connectivity index (χ0v) is 12.3. The van der Waals surface area contributed by atoms with E-state index < -0.39 is 0 Å². The van der Waals surface area contributed by atoms with Crippen LogP contribution in [-0.2, 0) is 4.74 Å². The van der Waals surface area contributed by atoms with Gasteiger partial charge in [0.2, 0.25) is 0 Å². The average molecular weight is 361 g/mol. The summed E-state index contributed by atoms with van der Waals surface area (Å²) >= 11 is 2.02. The van der Waals surface area contributed by atoms with Crippen molar-refractivity contribution < 1.29 is 14.6 Å². The van der Waals surface area contributed by atoms with Crippen LogP contribution >= 0.6 is 22.6 Å². The lowest BCUT2D eigenvalue weighted by molar-refractivity contribution is 0.0712. The summed E-state index contributed by atoms with van der Waals surface area (Å²) in [7, 11) is 0. The van der Waals surface area contributed by atoms with Crippen molar-refractivity contribution in [3.63, 3.8) is 0 Å². The number of nitrogens with one attached hydrogen (secondary N) is 1. The number of hydrogen-bond acceptors (Lipinski definition) is 3. The van der Waals surface area contributed by atoms with Gasteiger partial charge in [-0.1, -0.05) is 0 Å². The van der Waals surface area contributed by atoms with E-state index in [-0.39, 0.29) is 23.8 Å². The molecule has 5 heteroatoms. The smallest absolute Gasteiger partial charge is 0.251 e. The molecular formula is C13H16INO3. The van der Waals surface area contributed by atoms with Crippen molar-refractivity contribution in [2.75, 3.05) is 6.61 Å². The molecule has 0 aliphatic carbocycles. The zero-order chi connectivity index (χ0) is 13.1. The van der Waals surface area contributed by atoms with Crippen LogP contribution in [0.15, 0.2) is 18.2 Å². The highest BCUT2D eigenvalue weighted by Gasteiger charge is 2.24. The molecule has 0 saturated carbocycles. The molecular weight excluding hydrogens is 345 g/mol. The molecule has 1 aromatic carbocycles. The summed E-state index contributed by atoms with van der Waals surface area (Å²) in [6.45, 7) is 2.72. The summed E-state index contributed by atoms with van der Waals surface area (Å²) < 4.78 is 6.26. The Balaban J connectivity index is 2.00. The number of carbonyl (C=O) groups is 1. The summed E-state index contributed by atoms with van der Waals surface area (Å²) in [5, 5.41) is 12.5. The second kappa shape index (κ2) is 5.88. The maximum Gasteiger partial charge on any atom is 0.251 e. The predicted octanol–water partition coefficient (Wildman–Crippen LogP) is 2.29. The number of rotatable bonds is 3. The largest absolute Gasteiger partial charge is 0.507 e. The first-order valence-electron chi connectivity index (χ1n) is 5.99. The van der Waals surface area contributed by atoms with Gasteiger partial charge in [0.15, 0.2) is 0 Å². The Labute approximate surface area is 120 Å². The lowest BCUT2D eigenvalue weighted by Crippen LogP contribution is -2.40. The highest BCUT2D eigenvalue weighted by molar-refractivity contribution is 14.1. The summed E-state index contributed by atoms with van der Waals surface area (Å²) in [5.74, 6) is -0.0438. The molecule has 1 aliphatic heterocycles. The summed E-state index contributed by atoms with van der Waals surface area (Å²) in [6, 6.07) is 4.90. The van der Waals surface area contributed by atoms with Crippen molar-refractivity contribution in [1.29, 1.82) is 0 Å². The lowest BCUT2D eigenvalue weighted by atomic mass is 10.1. The van der Waals surface area contributed by atoms with Crippen LogP contribution in [0.5, 0.6) is 5.75 Å². The Morgan fingerprint density at radius 3 is 3.00 bits per heavy atom. The number of phenolic OH excluding ortho intramolecular Hbond substituents is 1. The SMILES string of the molecule is CC(NC(=O)c1ccc(I)c(O)c1)C1CCCO1. The topological polar surface area (TPSA) is 58.6 Å². The van der Waals surface area contributed by atoms with E-state index in [1.54, 1.807) is 12.1 Å². The molecule has 1 fully saturated rings. The van der Waals surface area contributed by atoms with Gasteiger partial charge in [-0.3, -0.25) is 4.79 Å². The molecule has 2 unspecified atom stereocenters. The van der Waals surface area contributed by atoms with Crippen molar-refractivity contribution in [2.24, 2.45) is 0 Å². The summed E-state index contributed by atoms with van der Waals surface area (Å²) in [4.78, 5) is 12.0. The van der Waals surface area contributed by atoms with Gasteiger partial charge in [0.1, 0.15) is 5.75 Å². The molecule has 98 valence electrons. The fourth-order valence-electron chi connectivity index (χ4n) is 2.03. The molecule has 1 heterocycles. The molecule has 1 amide bonds. The average Bonchev–Trinajstić information content (AvgIpc) is 2.86. The third-order valence-electron chi connectivity index (χ3n) is 3.09. The highest BCUT2D eigenvalue weighted by atomic mass is 127. The normalized spacial score (nSPS) is 20.7. The van der Waals surface area contributed by atoms with Crippen LogP contribution in [0.25, 0.3) is 0 Å². The first-order chi connectivity index (χ1) is 8.58. The van der Waals surface area contributed by atoms with Crippen LogP contribution in [-0.4, -0.2) is 29.8 Å². The molecule has 0 spiro atoms. The van der Waals surface area contributed by atoms with Crippen molar-refractivity contribution in [3.8, 4) is 5.75 Å². The fraction of sp³-hybridized carbons (Fsp3) is 0.462. The van der Waals surface area contributed by atoms with E-state index in [1.165, 1.54) is 6.07 Å². The van der Waals surface area contributed by atoms with Gasteiger partial charge in [0, 0.05) is 12.2 Å². The molecule has 18 heavy (non-hydrogen) atoms. The van der Waals surface area contributed by atoms with E-state index in [1.807, 2.05) is 29.5 Å². The van der Waals surface area contributed by atoms with Crippen LogP contribution in [0.1, 0.15) is 30.1 Å². The molecule has 2 rings (SSSR count). The maximum atomic E-state index is 12.0. The van der Waals surface area contributed by atoms with Crippen LogP contribution in [0, 0.1) is 3.57 Å². The van der Waals surface area contributed by atoms with E-state index in [4.69, 9.17) is 4.74 Å². The van der Waals surface area contributed by atoms with E-state index in [2.05, 4.69) is 5.32 Å². The van der Waals surface area contributed by atoms with E-state index in [9.17, 15) is 9.90 Å². The number of benzene rings is 1. The van der Waals surface area contributed by atoms with Gasteiger partial charge in [0.05, 0.1) is 15.7 Å². The minimum absolute atomic E-state index is 0.0126. The zero-order valence-electron chi connectivity index (χ0n) is 10.1. The molecule has 1 saturated heterocycles. The molecule has 4 nitrogen and oxygen atoms in total. The third kappa shape index (κ3) is 3.14. The van der Waals surface area contributed by atoms with Crippen molar-refractivity contribution in [2.45, 2.75) is 31.9 Å². The molecule has 1 aliphatic rings. The van der Waals surface area contributed by atoms with Crippen molar-refractivity contribution >= 4 is 28.5 Å². The van der Waals surface area contributed by atoms with Gasteiger partial charge in [0.25, 0.3) is 5.91 Å². The lowest BCUT2D eigenvalue weighted by Gasteiger charge is -2.20.